The van der Waals surface area contributed by atoms with Gasteiger partial charge >= 0.3 is 0 Å². The van der Waals surface area contributed by atoms with Crippen LogP contribution < -0.4 is 0 Å². The average molecular weight is 197 g/mol. The van der Waals surface area contributed by atoms with E-state index in [0.717, 1.165) is 17.1 Å². The molecule has 0 spiro atoms. The van der Waals surface area contributed by atoms with E-state index in [1.807, 2.05) is 13.2 Å². The lowest BCUT2D eigenvalue weighted by Gasteiger charge is -2.23. The van der Waals surface area contributed by atoms with Crippen LogP contribution in [-0.2, 0) is 0 Å². The molecule has 0 amide bonds. The van der Waals surface area contributed by atoms with E-state index in [-0.39, 0.29) is 0 Å². The molecule has 0 saturated heterocycles. The van der Waals surface area contributed by atoms with Gasteiger partial charge in [0, 0.05) is 22.8 Å². The monoisotopic (exact) mass is 197 g/mol. The van der Waals surface area contributed by atoms with Crippen molar-refractivity contribution in [1.29, 1.82) is 0 Å². The first-order chi connectivity index (χ1) is 6.02. The average Bonchev–Trinajstić information content (AvgIpc) is 2.04. The van der Waals surface area contributed by atoms with Gasteiger partial charge in [-0.15, -0.1) is 11.8 Å². The van der Waals surface area contributed by atoms with Crippen LogP contribution in [0.5, 0.6) is 0 Å². The Hall–Kier alpha value is -0.630. The topological polar surface area (TPSA) is 3.24 Å². The second-order valence-corrected chi connectivity index (χ2v) is 3.87. The molecule has 0 aliphatic rings. The summed E-state index contributed by atoms with van der Waals surface area (Å²) in [5, 5.41) is 0. The Kier molecular flexibility index (Phi) is 5.63. The van der Waals surface area contributed by atoms with Crippen LogP contribution in [0.1, 0.15) is 20.8 Å². The largest absolute Gasteiger partial charge is 0.350 e. The van der Waals surface area contributed by atoms with Crippen molar-refractivity contribution in [2.45, 2.75) is 20.8 Å². The van der Waals surface area contributed by atoms with Gasteiger partial charge in [0.2, 0.25) is 0 Å². The second kappa shape index (κ2) is 5.92. The van der Waals surface area contributed by atoms with Crippen LogP contribution in [0.2, 0.25) is 0 Å². The fraction of sp³-hybridized carbons (Fsp3) is 0.455. The summed E-state index contributed by atoms with van der Waals surface area (Å²) in [5.41, 5.74) is 2.28. The predicted molar refractivity (Wildman–Crippen MR) is 63.6 cm³/mol. The van der Waals surface area contributed by atoms with Gasteiger partial charge in [0.25, 0.3) is 0 Å². The maximum Gasteiger partial charge on any atom is 0.0196 e. The van der Waals surface area contributed by atoms with Gasteiger partial charge in [-0.1, -0.05) is 13.2 Å². The van der Waals surface area contributed by atoms with Crippen molar-refractivity contribution in [3.05, 3.63) is 35.5 Å². The molecule has 0 unspecified atom stereocenters. The first kappa shape index (κ1) is 12.4. The Labute approximate surface area is 86.2 Å². The van der Waals surface area contributed by atoms with E-state index in [2.05, 4.69) is 38.0 Å². The van der Waals surface area contributed by atoms with E-state index >= 15 is 0 Å². The zero-order valence-electron chi connectivity index (χ0n) is 9.05. The molecule has 0 rings (SSSR count). The molecule has 0 aromatic heterocycles. The first-order valence-electron chi connectivity index (χ1n) is 4.37. The smallest absolute Gasteiger partial charge is 0.0196 e. The number of nitrogens with zero attached hydrogens (tertiary/aromatic N) is 1. The van der Waals surface area contributed by atoms with Gasteiger partial charge in [-0.2, -0.15) is 0 Å². The maximum absolute atomic E-state index is 3.93. The highest BCUT2D eigenvalue weighted by Gasteiger charge is 2.02. The minimum Gasteiger partial charge on any atom is -0.350 e. The normalized spacial score (nSPS) is 11.2. The molecule has 0 aliphatic heterocycles. The molecule has 0 aliphatic carbocycles. The predicted octanol–water partition coefficient (Wildman–Crippen LogP) is 3.62. The van der Waals surface area contributed by atoms with E-state index < -0.39 is 0 Å². The molecule has 0 atom stereocenters. The second-order valence-electron chi connectivity index (χ2n) is 2.94. The van der Waals surface area contributed by atoms with Gasteiger partial charge in [-0.25, -0.2) is 0 Å². The molecule has 0 aromatic carbocycles. The minimum atomic E-state index is 0.958. The fourth-order valence-electron chi connectivity index (χ4n) is 1.19. The van der Waals surface area contributed by atoms with Crippen molar-refractivity contribution in [2.24, 2.45) is 0 Å². The summed E-state index contributed by atoms with van der Waals surface area (Å²) < 4.78 is 0. The molecular weight excluding hydrogens is 178 g/mol. The molecule has 0 aromatic rings. The summed E-state index contributed by atoms with van der Waals surface area (Å²) >= 11 is 1.67. The third kappa shape index (κ3) is 4.23. The molecule has 13 heavy (non-hydrogen) atoms. The third-order valence-electron chi connectivity index (χ3n) is 1.83. The number of thioether (sulfide) groups is 1. The summed E-state index contributed by atoms with van der Waals surface area (Å²) in [5.74, 6) is 0. The van der Waals surface area contributed by atoms with E-state index in [1.54, 1.807) is 11.8 Å². The van der Waals surface area contributed by atoms with Crippen LogP contribution in [0.3, 0.4) is 0 Å². The maximum atomic E-state index is 3.93. The Balaban J connectivity index is 4.53. The van der Waals surface area contributed by atoms with Gasteiger partial charge in [-0.05, 0) is 33.1 Å². The van der Waals surface area contributed by atoms with Crippen LogP contribution in [0.15, 0.2) is 35.5 Å². The highest BCUT2D eigenvalue weighted by molar-refractivity contribution is 8.02. The Morgan fingerprint density at radius 1 is 1.38 bits per heavy atom. The Morgan fingerprint density at radius 3 is 2.23 bits per heavy atom. The molecule has 0 heterocycles. The van der Waals surface area contributed by atoms with Crippen LogP contribution in [-0.4, -0.2) is 17.7 Å². The quantitative estimate of drug-likeness (QED) is 0.619. The molecule has 1 nitrogen and oxygen atoms in total. The molecule has 0 N–H and O–H groups in total. The Bertz CT molecular complexity index is 228. The van der Waals surface area contributed by atoms with Gasteiger partial charge in [-0.3, -0.25) is 0 Å². The SMILES string of the molecule is C=C(/C=C(\C)N(CC)C(=C)C)SC. The number of hydrogen-bond donors (Lipinski definition) is 0. The summed E-state index contributed by atoms with van der Waals surface area (Å²) in [6, 6.07) is 0. The van der Waals surface area contributed by atoms with Crippen molar-refractivity contribution in [1.82, 2.24) is 4.90 Å². The van der Waals surface area contributed by atoms with Gasteiger partial charge in [0.05, 0.1) is 0 Å². The first-order valence-corrected chi connectivity index (χ1v) is 5.59. The van der Waals surface area contributed by atoms with Gasteiger partial charge in [0.1, 0.15) is 0 Å². The lowest BCUT2D eigenvalue weighted by Crippen LogP contribution is -2.18. The van der Waals surface area contributed by atoms with Crippen molar-refractivity contribution in [3.8, 4) is 0 Å². The molecular formula is C11H19NS. The molecule has 0 saturated carbocycles. The van der Waals surface area contributed by atoms with Crippen molar-refractivity contribution in [3.63, 3.8) is 0 Å². The fourth-order valence-corrected chi connectivity index (χ4v) is 1.48. The zero-order valence-corrected chi connectivity index (χ0v) is 9.87. The highest BCUT2D eigenvalue weighted by Crippen LogP contribution is 2.16. The van der Waals surface area contributed by atoms with E-state index in [9.17, 15) is 0 Å². The van der Waals surface area contributed by atoms with E-state index in [1.165, 1.54) is 5.70 Å². The third-order valence-corrected chi connectivity index (χ3v) is 2.48. The standard InChI is InChI=1S/C11H19NS/c1-7-12(9(2)3)10(4)8-11(5)13-6/h8H,2,5,7H2,1,3-4,6H3/b10-8+. The van der Waals surface area contributed by atoms with E-state index in [4.69, 9.17) is 0 Å². The van der Waals surface area contributed by atoms with Gasteiger partial charge < -0.3 is 4.90 Å². The van der Waals surface area contributed by atoms with E-state index in [0.29, 0.717) is 0 Å². The summed E-state index contributed by atoms with van der Waals surface area (Å²) in [7, 11) is 0. The highest BCUT2D eigenvalue weighted by atomic mass is 32.2. The van der Waals surface area contributed by atoms with Gasteiger partial charge in [0.15, 0.2) is 0 Å². The summed E-state index contributed by atoms with van der Waals surface area (Å²) in [6.45, 7) is 15.0. The summed E-state index contributed by atoms with van der Waals surface area (Å²) in [6.07, 6.45) is 4.12. The summed E-state index contributed by atoms with van der Waals surface area (Å²) in [4.78, 5) is 3.25. The molecule has 74 valence electrons. The van der Waals surface area contributed by atoms with Crippen LogP contribution in [0.4, 0.5) is 0 Å². The van der Waals surface area contributed by atoms with Crippen LogP contribution in [0.25, 0.3) is 0 Å². The van der Waals surface area contributed by atoms with Crippen LogP contribution >= 0.6 is 11.8 Å². The van der Waals surface area contributed by atoms with Crippen LogP contribution in [0, 0.1) is 0 Å². The molecule has 0 fully saturated rings. The van der Waals surface area contributed by atoms with Crippen molar-refractivity contribution in [2.75, 3.05) is 12.8 Å². The number of allylic oxidation sites excluding steroid dienone is 3. The minimum absolute atomic E-state index is 0.958. The lowest BCUT2D eigenvalue weighted by atomic mass is 10.3. The molecule has 2 heteroatoms. The number of hydrogen-bond acceptors (Lipinski definition) is 2. The molecule has 0 radical (unpaired) electrons. The zero-order chi connectivity index (χ0) is 10.4. The number of rotatable bonds is 5. The lowest BCUT2D eigenvalue weighted by molar-refractivity contribution is 0.454. The van der Waals surface area contributed by atoms with Crippen molar-refractivity contribution >= 4 is 11.8 Å². The molecule has 0 bridgehead atoms. The van der Waals surface area contributed by atoms with Crippen molar-refractivity contribution < 1.29 is 0 Å². The Morgan fingerprint density at radius 2 is 1.92 bits per heavy atom.